The second-order valence-electron chi connectivity index (χ2n) is 8.41. The lowest BCUT2D eigenvalue weighted by atomic mass is 9.95. The number of aliphatic hydroxyl groups is 1. The van der Waals surface area contributed by atoms with Crippen LogP contribution >= 0.6 is 0 Å². The number of likely N-dealkylation sites (tertiary alicyclic amines) is 1. The standard InChI is InChI=1S/C26H31NO5/c1-5-6-15-31-20-11-7-18(8-12-20)23-22(25(29)26(30)27(23)4)24(28)19-9-13-21(14-10-19)32-16-17(2)3/h7-14,17,23,28H,5-6,15-16H2,1-4H3/b24-22-. The Morgan fingerprint density at radius 3 is 2.19 bits per heavy atom. The minimum atomic E-state index is -0.696. The molecule has 1 amide bonds. The van der Waals surface area contributed by atoms with Gasteiger partial charge in [-0.1, -0.05) is 39.3 Å². The second kappa shape index (κ2) is 10.4. The van der Waals surface area contributed by atoms with E-state index in [0.29, 0.717) is 30.4 Å². The van der Waals surface area contributed by atoms with Crippen molar-refractivity contribution in [1.29, 1.82) is 0 Å². The summed E-state index contributed by atoms with van der Waals surface area (Å²) >= 11 is 0. The van der Waals surface area contributed by atoms with E-state index in [4.69, 9.17) is 9.47 Å². The van der Waals surface area contributed by atoms with Crippen LogP contribution in [0.3, 0.4) is 0 Å². The molecule has 1 fully saturated rings. The lowest BCUT2D eigenvalue weighted by Gasteiger charge is -2.21. The van der Waals surface area contributed by atoms with E-state index in [9.17, 15) is 14.7 Å². The van der Waals surface area contributed by atoms with Gasteiger partial charge in [0.15, 0.2) is 0 Å². The zero-order valence-corrected chi connectivity index (χ0v) is 19.1. The van der Waals surface area contributed by atoms with Gasteiger partial charge < -0.3 is 19.5 Å². The number of ketones is 1. The molecule has 0 radical (unpaired) electrons. The second-order valence-corrected chi connectivity index (χ2v) is 8.41. The van der Waals surface area contributed by atoms with Crippen molar-refractivity contribution in [2.45, 2.75) is 39.7 Å². The van der Waals surface area contributed by atoms with Gasteiger partial charge in [-0.2, -0.15) is 0 Å². The predicted molar refractivity (Wildman–Crippen MR) is 124 cm³/mol. The van der Waals surface area contributed by atoms with Crippen LogP contribution in [0, 0.1) is 5.92 Å². The van der Waals surface area contributed by atoms with Crippen molar-refractivity contribution in [3.05, 3.63) is 65.2 Å². The maximum absolute atomic E-state index is 12.7. The number of likely N-dealkylation sites (N-methyl/N-ethyl adjacent to an activating group) is 1. The molecule has 1 unspecified atom stereocenters. The quantitative estimate of drug-likeness (QED) is 0.260. The molecule has 1 saturated heterocycles. The molecule has 170 valence electrons. The molecular formula is C26H31NO5. The smallest absolute Gasteiger partial charge is 0.295 e. The molecule has 1 aliphatic heterocycles. The molecule has 0 aliphatic carbocycles. The van der Waals surface area contributed by atoms with Crippen molar-refractivity contribution in [1.82, 2.24) is 4.90 Å². The van der Waals surface area contributed by atoms with E-state index in [-0.39, 0.29) is 11.3 Å². The van der Waals surface area contributed by atoms with E-state index in [1.165, 1.54) is 4.90 Å². The molecule has 1 atom stereocenters. The van der Waals surface area contributed by atoms with Crippen LogP contribution in [-0.2, 0) is 9.59 Å². The van der Waals surface area contributed by atoms with E-state index < -0.39 is 17.7 Å². The van der Waals surface area contributed by atoms with Crippen molar-refractivity contribution >= 4 is 17.4 Å². The number of rotatable bonds is 9. The molecule has 0 spiro atoms. The largest absolute Gasteiger partial charge is 0.507 e. The fourth-order valence-electron chi connectivity index (χ4n) is 3.55. The number of hydrogen-bond donors (Lipinski definition) is 1. The molecule has 0 saturated carbocycles. The normalized spacial score (nSPS) is 17.8. The zero-order chi connectivity index (χ0) is 23.3. The average Bonchev–Trinajstić information content (AvgIpc) is 3.02. The molecule has 3 rings (SSSR count). The monoisotopic (exact) mass is 437 g/mol. The van der Waals surface area contributed by atoms with Crippen LogP contribution in [0.2, 0.25) is 0 Å². The molecule has 0 bridgehead atoms. The Balaban J connectivity index is 1.89. The lowest BCUT2D eigenvalue weighted by molar-refractivity contribution is -0.139. The van der Waals surface area contributed by atoms with Crippen LogP contribution in [0.4, 0.5) is 0 Å². The van der Waals surface area contributed by atoms with Gasteiger partial charge in [-0.25, -0.2) is 0 Å². The Bertz CT molecular complexity index is 976. The highest BCUT2D eigenvalue weighted by Crippen LogP contribution is 2.39. The fraction of sp³-hybridized carbons (Fsp3) is 0.385. The number of benzene rings is 2. The number of carbonyl (C=O) groups excluding carboxylic acids is 2. The molecule has 6 heteroatoms. The Morgan fingerprint density at radius 1 is 1.00 bits per heavy atom. The highest BCUT2D eigenvalue weighted by atomic mass is 16.5. The average molecular weight is 438 g/mol. The third-order valence-corrected chi connectivity index (χ3v) is 5.35. The first-order valence-electron chi connectivity index (χ1n) is 11.0. The fourth-order valence-corrected chi connectivity index (χ4v) is 3.55. The number of nitrogens with zero attached hydrogens (tertiary/aromatic N) is 1. The van der Waals surface area contributed by atoms with E-state index >= 15 is 0 Å². The maximum atomic E-state index is 12.7. The molecule has 2 aromatic rings. The first-order chi connectivity index (χ1) is 15.3. The first kappa shape index (κ1) is 23.4. The molecule has 6 nitrogen and oxygen atoms in total. The summed E-state index contributed by atoms with van der Waals surface area (Å²) < 4.78 is 11.4. The lowest BCUT2D eigenvalue weighted by Crippen LogP contribution is -2.24. The summed E-state index contributed by atoms with van der Waals surface area (Å²) in [5.74, 6) is 0.271. The third kappa shape index (κ3) is 5.13. The molecule has 0 aromatic heterocycles. The summed E-state index contributed by atoms with van der Waals surface area (Å²) in [5.41, 5.74) is 1.26. The number of ether oxygens (including phenoxy) is 2. The van der Waals surface area contributed by atoms with Gasteiger partial charge in [0, 0.05) is 12.6 Å². The van der Waals surface area contributed by atoms with Crippen LogP contribution in [0.15, 0.2) is 54.1 Å². The van der Waals surface area contributed by atoms with Crippen LogP contribution in [0.25, 0.3) is 5.76 Å². The summed E-state index contributed by atoms with van der Waals surface area (Å²) in [6.45, 7) is 7.45. The van der Waals surface area contributed by atoms with E-state index in [1.807, 2.05) is 24.3 Å². The third-order valence-electron chi connectivity index (χ3n) is 5.35. The van der Waals surface area contributed by atoms with Crippen LogP contribution < -0.4 is 9.47 Å². The summed E-state index contributed by atoms with van der Waals surface area (Å²) in [7, 11) is 1.57. The number of unbranched alkanes of at least 4 members (excludes halogenated alkanes) is 1. The van der Waals surface area contributed by atoms with Gasteiger partial charge in [-0.3, -0.25) is 9.59 Å². The number of Topliss-reactive ketones (excluding diaryl/α,β-unsaturated/α-hetero) is 1. The molecule has 1 N–H and O–H groups in total. The molecule has 1 heterocycles. The van der Waals surface area contributed by atoms with Crippen molar-refractivity contribution in [2.75, 3.05) is 20.3 Å². The highest BCUT2D eigenvalue weighted by molar-refractivity contribution is 6.46. The summed E-state index contributed by atoms with van der Waals surface area (Å²) in [4.78, 5) is 26.6. The van der Waals surface area contributed by atoms with Crippen molar-refractivity contribution in [3.63, 3.8) is 0 Å². The molecule has 2 aromatic carbocycles. The van der Waals surface area contributed by atoms with Crippen molar-refractivity contribution in [3.8, 4) is 11.5 Å². The zero-order valence-electron chi connectivity index (χ0n) is 19.1. The van der Waals surface area contributed by atoms with E-state index in [2.05, 4.69) is 20.8 Å². The van der Waals surface area contributed by atoms with E-state index in [0.717, 1.165) is 24.2 Å². The molecule has 32 heavy (non-hydrogen) atoms. The van der Waals surface area contributed by atoms with E-state index in [1.54, 1.807) is 31.3 Å². The van der Waals surface area contributed by atoms with Crippen molar-refractivity contribution in [2.24, 2.45) is 5.92 Å². The van der Waals surface area contributed by atoms with Gasteiger partial charge in [0.05, 0.1) is 24.8 Å². The van der Waals surface area contributed by atoms with Crippen LogP contribution in [-0.4, -0.2) is 42.0 Å². The first-order valence-corrected chi connectivity index (χ1v) is 11.0. The number of amides is 1. The predicted octanol–water partition coefficient (Wildman–Crippen LogP) is 4.95. The van der Waals surface area contributed by atoms with Gasteiger partial charge in [-0.05, 0) is 54.3 Å². The Kier molecular flexibility index (Phi) is 7.57. The Labute approximate surface area is 189 Å². The number of carbonyl (C=O) groups is 2. The topological polar surface area (TPSA) is 76.1 Å². The van der Waals surface area contributed by atoms with Gasteiger partial charge in [-0.15, -0.1) is 0 Å². The number of aliphatic hydroxyl groups excluding tert-OH is 1. The SMILES string of the molecule is CCCCOc1ccc(C2/C(=C(/O)c3ccc(OCC(C)C)cc3)C(=O)C(=O)N2C)cc1. The van der Waals surface area contributed by atoms with Crippen LogP contribution in [0.1, 0.15) is 50.8 Å². The van der Waals surface area contributed by atoms with Gasteiger partial charge >= 0.3 is 0 Å². The minimum Gasteiger partial charge on any atom is -0.507 e. The highest BCUT2D eigenvalue weighted by Gasteiger charge is 2.44. The Morgan fingerprint density at radius 2 is 1.59 bits per heavy atom. The molecular weight excluding hydrogens is 406 g/mol. The molecule has 1 aliphatic rings. The van der Waals surface area contributed by atoms with Gasteiger partial charge in [0.1, 0.15) is 17.3 Å². The minimum absolute atomic E-state index is 0.0769. The summed E-state index contributed by atoms with van der Waals surface area (Å²) in [6.07, 6.45) is 2.02. The summed E-state index contributed by atoms with van der Waals surface area (Å²) in [6, 6.07) is 13.5. The summed E-state index contributed by atoms with van der Waals surface area (Å²) in [5, 5.41) is 11.0. The maximum Gasteiger partial charge on any atom is 0.295 e. The number of hydrogen-bond acceptors (Lipinski definition) is 5. The Hall–Kier alpha value is -3.28. The van der Waals surface area contributed by atoms with Crippen molar-refractivity contribution < 1.29 is 24.2 Å². The van der Waals surface area contributed by atoms with Crippen LogP contribution in [0.5, 0.6) is 11.5 Å². The van der Waals surface area contributed by atoms with Gasteiger partial charge in [0.2, 0.25) is 0 Å². The van der Waals surface area contributed by atoms with Gasteiger partial charge in [0.25, 0.3) is 11.7 Å².